The summed E-state index contributed by atoms with van der Waals surface area (Å²) in [6.45, 7) is 5.99. The van der Waals surface area contributed by atoms with Gasteiger partial charge in [-0.05, 0) is 36.8 Å². The summed E-state index contributed by atoms with van der Waals surface area (Å²) in [5.74, 6) is -0.383. The highest BCUT2D eigenvalue weighted by atomic mass is 19.1. The van der Waals surface area contributed by atoms with E-state index in [0.29, 0.717) is 18.8 Å². The molecule has 144 valence electrons. The molecule has 2 aromatic rings. The van der Waals surface area contributed by atoms with E-state index in [1.165, 1.54) is 18.2 Å². The standard InChI is InChI=1S/C20H24FN3O3/c1-13(2)19(25)24-17-12-15(8-9-16(17)21)23-20(26)22-10-11-27-18-7-5-4-6-14(18)3/h4-9,12-13H,10-11H2,1-3H3,(H,24,25)(H2,22,23,26). The number of hydrogen-bond acceptors (Lipinski definition) is 3. The molecule has 0 spiro atoms. The molecule has 2 aromatic carbocycles. The van der Waals surface area contributed by atoms with Crippen LogP contribution in [0, 0.1) is 18.7 Å². The molecule has 3 amide bonds. The van der Waals surface area contributed by atoms with Gasteiger partial charge in [-0.2, -0.15) is 0 Å². The summed E-state index contributed by atoms with van der Waals surface area (Å²) in [6, 6.07) is 11.1. The van der Waals surface area contributed by atoms with Crippen molar-refractivity contribution >= 4 is 23.3 Å². The number of ether oxygens (including phenoxy) is 1. The van der Waals surface area contributed by atoms with E-state index in [0.717, 1.165) is 11.3 Å². The van der Waals surface area contributed by atoms with Crippen LogP contribution in [-0.2, 0) is 4.79 Å². The average molecular weight is 373 g/mol. The molecule has 0 fully saturated rings. The molecule has 2 rings (SSSR count). The van der Waals surface area contributed by atoms with E-state index in [2.05, 4.69) is 16.0 Å². The minimum absolute atomic E-state index is 0.0226. The first-order valence-electron chi connectivity index (χ1n) is 8.70. The number of aryl methyl sites for hydroxylation is 1. The van der Waals surface area contributed by atoms with Crippen molar-refractivity contribution in [2.24, 2.45) is 5.92 Å². The summed E-state index contributed by atoms with van der Waals surface area (Å²) in [5.41, 5.74) is 1.41. The van der Waals surface area contributed by atoms with Gasteiger partial charge in [0, 0.05) is 11.6 Å². The Kier molecular flexibility index (Phi) is 7.16. The van der Waals surface area contributed by atoms with Crippen molar-refractivity contribution in [3.05, 3.63) is 53.8 Å². The van der Waals surface area contributed by atoms with E-state index in [-0.39, 0.29) is 17.5 Å². The van der Waals surface area contributed by atoms with Gasteiger partial charge in [0.2, 0.25) is 5.91 Å². The number of nitrogens with one attached hydrogen (secondary N) is 3. The molecule has 0 bridgehead atoms. The number of carbonyl (C=O) groups is 2. The molecular formula is C20H24FN3O3. The predicted molar refractivity (Wildman–Crippen MR) is 104 cm³/mol. The van der Waals surface area contributed by atoms with Gasteiger partial charge >= 0.3 is 6.03 Å². The summed E-state index contributed by atoms with van der Waals surface area (Å²) >= 11 is 0. The fourth-order valence-corrected chi connectivity index (χ4v) is 2.20. The molecule has 7 heteroatoms. The van der Waals surface area contributed by atoms with Crippen molar-refractivity contribution in [2.75, 3.05) is 23.8 Å². The SMILES string of the molecule is Cc1ccccc1OCCNC(=O)Nc1ccc(F)c(NC(=O)C(C)C)c1. The third-order valence-electron chi connectivity index (χ3n) is 3.75. The smallest absolute Gasteiger partial charge is 0.319 e. The molecule has 0 atom stereocenters. The van der Waals surface area contributed by atoms with Crippen LogP contribution in [0.25, 0.3) is 0 Å². The fraction of sp³-hybridized carbons (Fsp3) is 0.300. The molecule has 0 saturated heterocycles. The highest BCUT2D eigenvalue weighted by Gasteiger charge is 2.12. The van der Waals surface area contributed by atoms with Gasteiger partial charge in [-0.1, -0.05) is 32.0 Å². The second-order valence-corrected chi connectivity index (χ2v) is 6.33. The van der Waals surface area contributed by atoms with Crippen LogP contribution in [-0.4, -0.2) is 25.1 Å². The average Bonchev–Trinajstić information content (AvgIpc) is 2.62. The lowest BCUT2D eigenvalue weighted by Gasteiger charge is -2.12. The Bertz CT molecular complexity index is 809. The second-order valence-electron chi connectivity index (χ2n) is 6.33. The molecule has 0 aliphatic carbocycles. The van der Waals surface area contributed by atoms with Gasteiger partial charge in [-0.15, -0.1) is 0 Å². The van der Waals surface area contributed by atoms with E-state index in [4.69, 9.17) is 4.74 Å². The van der Waals surface area contributed by atoms with E-state index >= 15 is 0 Å². The number of carbonyl (C=O) groups excluding carboxylic acids is 2. The van der Waals surface area contributed by atoms with Crippen molar-refractivity contribution in [1.29, 1.82) is 0 Å². The van der Waals surface area contributed by atoms with Crippen molar-refractivity contribution in [3.8, 4) is 5.75 Å². The monoisotopic (exact) mass is 373 g/mol. The molecule has 0 aliphatic rings. The van der Waals surface area contributed by atoms with Crippen molar-refractivity contribution in [3.63, 3.8) is 0 Å². The molecule has 0 saturated carbocycles. The Labute approximate surface area is 158 Å². The maximum absolute atomic E-state index is 13.8. The van der Waals surface area contributed by atoms with E-state index < -0.39 is 11.8 Å². The summed E-state index contributed by atoms with van der Waals surface area (Å²) in [4.78, 5) is 23.7. The van der Waals surface area contributed by atoms with Crippen molar-refractivity contribution in [2.45, 2.75) is 20.8 Å². The lowest BCUT2D eigenvalue weighted by atomic mass is 10.2. The zero-order valence-electron chi connectivity index (χ0n) is 15.6. The molecule has 0 aliphatic heterocycles. The van der Waals surface area contributed by atoms with Crippen LogP contribution in [0.4, 0.5) is 20.6 Å². The van der Waals surface area contributed by atoms with Crippen LogP contribution in [0.3, 0.4) is 0 Å². The molecule has 27 heavy (non-hydrogen) atoms. The zero-order chi connectivity index (χ0) is 19.8. The summed E-state index contributed by atoms with van der Waals surface area (Å²) in [7, 11) is 0. The third-order valence-corrected chi connectivity index (χ3v) is 3.75. The van der Waals surface area contributed by atoms with Crippen molar-refractivity contribution in [1.82, 2.24) is 5.32 Å². The van der Waals surface area contributed by atoms with Crippen LogP contribution in [0.5, 0.6) is 5.75 Å². The maximum atomic E-state index is 13.8. The van der Waals surface area contributed by atoms with Crippen LogP contribution >= 0.6 is 0 Å². The Morgan fingerprint density at radius 2 is 1.85 bits per heavy atom. The topological polar surface area (TPSA) is 79.5 Å². The molecule has 0 aromatic heterocycles. The molecule has 3 N–H and O–H groups in total. The van der Waals surface area contributed by atoms with Gasteiger partial charge in [0.05, 0.1) is 12.2 Å². The fourth-order valence-electron chi connectivity index (χ4n) is 2.20. The maximum Gasteiger partial charge on any atom is 0.319 e. The van der Waals surface area contributed by atoms with Crippen LogP contribution in [0.2, 0.25) is 0 Å². The van der Waals surface area contributed by atoms with Gasteiger partial charge in [0.1, 0.15) is 18.2 Å². The van der Waals surface area contributed by atoms with E-state index in [1.807, 2.05) is 31.2 Å². The number of para-hydroxylation sites is 1. The minimum atomic E-state index is -0.568. The van der Waals surface area contributed by atoms with E-state index in [9.17, 15) is 14.0 Å². The van der Waals surface area contributed by atoms with Gasteiger partial charge in [0.15, 0.2) is 0 Å². The summed E-state index contributed by atoms with van der Waals surface area (Å²) < 4.78 is 19.4. The third kappa shape index (κ3) is 6.29. The van der Waals surface area contributed by atoms with Gasteiger partial charge in [-0.25, -0.2) is 9.18 Å². The quantitative estimate of drug-likeness (QED) is 0.644. The Morgan fingerprint density at radius 3 is 2.56 bits per heavy atom. The number of urea groups is 1. The van der Waals surface area contributed by atoms with Gasteiger partial charge in [-0.3, -0.25) is 4.79 Å². The largest absolute Gasteiger partial charge is 0.491 e. The number of benzene rings is 2. The first-order chi connectivity index (χ1) is 12.9. The predicted octanol–water partition coefficient (Wildman–Crippen LogP) is 3.93. The molecular weight excluding hydrogens is 349 g/mol. The molecule has 6 nitrogen and oxygen atoms in total. The minimum Gasteiger partial charge on any atom is -0.491 e. The molecule has 0 unspecified atom stereocenters. The van der Waals surface area contributed by atoms with Gasteiger partial charge < -0.3 is 20.7 Å². The van der Waals surface area contributed by atoms with Crippen LogP contribution < -0.4 is 20.7 Å². The Hall–Kier alpha value is -3.09. The normalized spacial score (nSPS) is 10.4. The molecule has 0 radical (unpaired) electrons. The second kappa shape index (κ2) is 9.56. The highest BCUT2D eigenvalue weighted by Crippen LogP contribution is 2.20. The lowest BCUT2D eigenvalue weighted by molar-refractivity contribution is -0.118. The number of amides is 3. The molecule has 0 heterocycles. The van der Waals surface area contributed by atoms with E-state index in [1.54, 1.807) is 13.8 Å². The highest BCUT2D eigenvalue weighted by molar-refractivity contribution is 5.94. The van der Waals surface area contributed by atoms with Crippen molar-refractivity contribution < 1.29 is 18.7 Å². The Morgan fingerprint density at radius 1 is 1.11 bits per heavy atom. The number of hydrogen-bond donors (Lipinski definition) is 3. The first kappa shape index (κ1) is 20.2. The zero-order valence-corrected chi connectivity index (χ0v) is 15.6. The summed E-state index contributed by atoms with van der Waals surface area (Å²) in [5, 5.41) is 7.75. The number of anilines is 2. The lowest BCUT2D eigenvalue weighted by Crippen LogP contribution is -2.32. The number of halogens is 1. The van der Waals surface area contributed by atoms with Crippen LogP contribution in [0.15, 0.2) is 42.5 Å². The van der Waals surface area contributed by atoms with Crippen LogP contribution in [0.1, 0.15) is 19.4 Å². The summed E-state index contributed by atoms with van der Waals surface area (Å²) in [6.07, 6.45) is 0. The number of rotatable bonds is 7. The van der Waals surface area contributed by atoms with Gasteiger partial charge in [0.25, 0.3) is 0 Å². The first-order valence-corrected chi connectivity index (χ1v) is 8.70. The Balaban J connectivity index is 1.83.